The number of carbonyl (C=O) groups is 1. The van der Waals surface area contributed by atoms with Crippen LogP contribution in [0.2, 0.25) is 0 Å². The Kier molecular flexibility index (Phi) is 5.12. The first-order chi connectivity index (χ1) is 15.4. The number of piperidine rings is 1. The number of carbonyl (C=O) groups excluding carboxylic acids is 1. The Morgan fingerprint density at radius 3 is 2.50 bits per heavy atom. The Morgan fingerprint density at radius 1 is 0.969 bits per heavy atom. The second-order valence-corrected chi connectivity index (χ2v) is 8.99. The highest BCUT2D eigenvalue weighted by Crippen LogP contribution is 2.36. The van der Waals surface area contributed by atoms with E-state index in [1.54, 1.807) is 6.20 Å². The summed E-state index contributed by atoms with van der Waals surface area (Å²) in [5.41, 5.74) is 5.89. The standard InChI is InChI=1S/C25H28N6O/c1-15-6-5-10-26-22(15)20-8-7-16(2)27-23(20)24(32)30-11-9-19-13-31(21(19)14-30)25-28-17(3)12-18(4)29-25/h5-8,10,12,19,21H,9,11,13-14H2,1-4H3/t19-,21-/m0/s1. The number of aryl methyl sites for hydroxylation is 4. The lowest BCUT2D eigenvalue weighted by Gasteiger charge is -2.53. The van der Waals surface area contributed by atoms with Crippen molar-refractivity contribution in [2.75, 3.05) is 24.5 Å². The first kappa shape index (κ1) is 20.5. The van der Waals surface area contributed by atoms with Crippen molar-refractivity contribution in [2.24, 2.45) is 5.92 Å². The second kappa shape index (κ2) is 7.97. The van der Waals surface area contributed by atoms with Gasteiger partial charge in [0, 0.05) is 54.4 Å². The molecule has 2 aliphatic rings. The van der Waals surface area contributed by atoms with E-state index in [1.165, 1.54) is 0 Å². The van der Waals surface area contributed by atoms with E-state index in [-0.39, 0.29) is 11.9 Å². The molecule has 2 saturated heterocycles. The van der Waals surface area contributed by atoms with E-state index in [0.717, 1.165) is 59.4 Å². The highest BCUT2D eigenvalue weighted by Gasteiger charge is 2.45. The molecule has 7 nitrogen and oxygen atoms in total. The van der Waals surface area contributed by atoms with Crippen LogP contribution in [0.5, 0.6) is 0 Å². The average Bonchev–Trinajstić information content (AvgIpc) is 2.74. The van der Waals surface area contributed by atoms with Gasteiger partial charge in [0.2, 0.25) is 5.95 Å². The zero-order valence-corrected chi connectivity index (χ0v) is 19.0. The number of hydrogen-bond donors (Lipinski definition) is 0. The molecule has 5 rings (SSSR count). The van der Waals surface area contributed by atoms with E-state index in [4.69, 9.17) is 0 Å². The number of fused-ring (bicyclic) bond motifs is 1. The summed E-state index contributed by atoms with van der Waals surface area (Å²) in [5.74, 6) is 1.32. The molecule has 0 aromatic carbocycles. The molecule has 0 unspecified atom stereocenters. The predicted octanol–water partition coefficient (Wildman–Crippen LogP) is 3.52. The van der Waals surface area contributed by atoms with Gasteiger partial charge in [0.15, 0.2) is 0 Å². The number of nitrogens with zero attached hydrogens (tertiary/aromatic N) is 6. The summed E-state index contributed by atoms with van der Waals surface area (Å²) >= 11 is 0. The molecular formula is C25H28N6O. The van der Waals surface area contributed by atoms with E-state index >= 15 is 0 Å². The molecule has 0 spiro atoms. The van der Waals surface area contributed by atoms with Crippen molar-refractivity contribution in [3.05, 3.63) is 64.9 Å². The molecule has 1 amide bonds. The number of likely N-dealkylation sites (tertiary alicyclic amines) is 1. The lowest BCUT2D eigenvalue weighted by molar-refractivity contribution is 0.0584. The van der Waals surface area contributed by atoms with Crippen LogP contribution in [-0.2, 0) is 0 Å². The molecule has 5 heterocycles. The number of rotatable bonds is 3. The van der Waals surface area contributed by atoms with Gasteiger partial charge in [-0.2, -0.15) is 0 Å². The Morgan fingerprint density at radius 2 is 1.75 bits per heavy atom. The first-order valence-electron chi connectivity index (χ1n) is 11.2. The summed E-state index contributed by atoms with van der Waals surface area (Å²) in [6.45, 7) is 10.3. The highest BCUT2D eigenvalue weighted by molar-refractivity contribution is 5.99. The SMILES string of the molecule is Cc1cc(C)nc(N2C[C@@H]3CCN(C(=O)c4nc(C)ccc4-c4ncccc4C)C[C@@H]32)n1. The normalized spacial score (nSPS) is 20.0. The van der Waals surface area contributed by atoms with Gasteiger partial charge in [-0.05, 0) is 63.9 Å². The minimum atomic E-state index is -0.0274. The summed E-state index contributed by atoms with van der Waals surface area (Å²) in [4.78, 5) is 36.3. The van der Waals surface area contributed by atoms with E-state index < -0.39 is 0 Å². The minimum absolute atomic E-state index is 0.0274. The zero-order valence-electron chi connectivity index (χ0n) is 19.0. The van der Waals surface area contributed by atoms with E-state index in [2.05, 4.69) is 24.8 Å². The maximum Gasteiger partial charge on any atom is 0.273 e. The fraction of sp³-hybridized carbons (Fsp3) is 0.400. The predicted molar refractivity (Wildman–Crippen MR) is 124 cm³/mol. The number of hydrogen-bond acceptors (Lipinski definition) is 6. The molecule has 7 heteroatoms. The molecule has 32 heavy (non-hydrogen) atoms. The summed E-state index contributed by atoms with van der Waals surface area (Å²) < 4.78 is 0. The van der Waals surface area contributed by atoms with Crippen LogP contribution in [0.25, 0.3) is 11.3 Å². The number of anilines is 1. The molecule has 164 valence electrons. The first-order valence-corrected chi connectivity index (χ1v) is 11.2. The number of amides is 1. The molecule has 3 aromatic rings. The molecule has 3 aromatic heterocycles. The third-order valence-corrected chi connectivity index (χ3v) is 6.57. The second-order valence-electron chi connectivity index (χ2n) is 8.99. The van der Waals surface area contributed by atoms with Gasteiger partial charge >= 0.3 is 0 Å². The Balaban J connectivity index is 1.42. The van der Waals surface area contributed by atoms with Crippen LogP contribution in [0.3, 0.4) is 0 Å². The van der Waals surface area contributed by atoms with Crippen molar-refractivity contribution >= 4 is 11.9 Å². The van der Waals surface area contributed by atoms with Gasteiger partial charge < -0.3 is 9.80 Å². The van der Waals surface area contributed by atoms with E-state index in [1.807, 2.05) is 62.9 Å². The smallest absolute Gasteiger partial charge is 0.273 e. The van der Waals surface area contributed by atoms with Crippen LogP contribution in [0.1, 0.15) is 39.6 Å². The van der Waals surface area contributed by atoms with Crippen LogP contribution in [0, 0.1) is 33.6 Å². The van der Waals surface area contributed by atoms with Crippen LogP contribution in [0.4, 0.5) is 5.95 Å². The molecule has 2 fully saturated rings. The average molecular weight is 429 g/mol. The highest BCUT2D eigenvalue weighted by atomic mass is 16.2. The molecule has 0 bridgehead atoms. The van der Waals surface area contributed by atoms with Crippen LogP contribution in [-0.4, -0.2) is 56.4 Å². The van der Waals surface area contributed by atoms with Crippen molar-refractivity contribution in [1.29, 1.82) is 0 Å². The van der Waals surface area contributed by atoms with Crippen molar-refractivity contribution in [2.45, 2.75) is 40.2 Å². The third kappa shape index (κ3) is 3.61. The molecule has 0 saturated carbocycles. The Hall–Kier alpha value is -3.35. The van der Waals surface area contributed by atoms with Gasteiger partial charge in [0.25, 0.3) is 5.91 Å². The fourth-order valence-corrected chi connectivity index (χ4v) is 4.87. The molecule has 2 atom stereocenters. The lowest BCUT2D eigenvalue weighted by atomic mass is 9.82. The molecule has 0 radical (unpaired) electrons. The lowest BCUT2D eigenvalue weighted by Crippen LogP contribution is -2.65. The Bertz CT molecular complexity index is 1170. The van der Waals surface area contributed by atoms with Gasteiger partial charge in [-0.25, -0.2) is 15.0 Å². The van der Waals surface area contributed by atoms with Gasteiger partial charge in [-0.3, -0.25) is 9.78 Å². The van der Waals surface area contributed by atoms with Crippen molar-refractivity contribution < 1.29 is 4.79 Å². The van der Waals surface area contributed by atoms with Gasteiger partial charge in [0.1, 0.15) is 5.69 Å². The monoisotopic (exact) mass is 428 g/mol. The zero-order chi connectivity index (χ0) is 22.4. The van der Waals surface area contributed by atoms with Gasteiger partial charge in [-0.1, -0.05) is 6.07 Å². The Labute approximate surface area is 188 Å². The third-order valence-electron chi connectivity index (χ3n) is 6.57. The molecule has 0 aliphatic carbocycles. The summed E-state index contributed by atoms with van der Waals surface area (Å²) in [7, 11) is 0. The summed E-state index contributed by atoms with van der Waals surface area (Å²) in [5, 5.41) is 0. The maximum absolute atomic E-state index is 13.7. The summed E-state index contributed by atoms with van der Waals surface area (Å²) in [6.07, 6.45) is 2.75. The number of pyridine rings is 2. The molecule has 0 N–H and O–H groups in total. The van der Waals surface area contributed by atoms with Crippen molar-refractivity contribution in [3.63, 3.8) is 0 Å². The van der Waals surface area contributed by atoms with Crippen LogP contribution >= 0.6 is 0 Å². The molecule has 2 aliphatic heterocycles. The minimum Gasteiger partial charge on any atom is -0.335 e. The van der Waals surface area contributed by atoms with E-state index in [9.17, 15) is 4.79 Å². The summed E-state index contributed by atoms with van der Waals surface area (Å²) in [6, 6.07) is 10.1. The maximum atomic E-state index is 13.7. The van der Waals surface area contributed by atoms with Crippen LogP contribution < -0.4 is 4.90 Å². The number of aromatic nitrogens is 4. The van der Waals surface area contributed by atoms with Gasteiger partial charge in [-0.15, -0.1) is 0 Å². The fourth-order valence-electron chi connectivity index (χ4n) is 4.87. The van der Waals surface area contributed by atoms with E-state index in [0.29, 0.717) is 18.2 Å². The van der Waals surface area contributed by atoms with Gasteiger partial charge in [0.05, 0.1) is 11.7 Å². The molecular weight excluding hydrogens is 400 g/mol. The van der Waals surface area contributed by atoms with Crippen LogP contribution in [0.15, 0.2) is 36.5 Å². The van der Waals surface area contributed by atoms with Crippen molar-refractivity contribution in [1.82, 2.24) is 24.8 Å². The largest absolute Gasteiger partial charge is 0.335 e. The van der Waals surface area contributed by atoms with Crippen molar-refractivity contribution in [3.8, 4) is 11.3 Å². The quantitative estimate of drug-likeness (QED) is 0.635. The topological polar surface area (TPSA) is 75.1 Å².